The first kappa shape index (κ1) is 18.1. The van der Waals surface area contributed by atoms with Crippen LogP contribution in [0.4, 0.5) is 0 Å². The minimum atomic E-state index is -0.683. The first-order chi connectivity index (χ1) is 10.5. The van der Waals surface area contributed by atoms with Gasteiger partial charge in [0.1, 0.15) is 0 Å². The molecular weight excluding hydrogens is 308 g/mol. The lowest BCUT2D eigenvalue weighted by Crippen LogP contribution is -2.41. The van der Waals surface area contributed by atoms with E-state index < -0.39 is 11.8 Å². The Hall–Kier alpha value is -1.95. The van der Waals surface area contributed by atoms with Crippen molar-refractivity contribution in [1.82, 2.24) is 10.6 Å². The van der Waals surface area contributed by atoms with Crippen molar-refractivity contribution in [3.63, 3.8) is 0 Å². The van der Waals surface area contributed by atoms with Crippen molar-refractivity contribution >= 4 is 23.4 Å². The largest absolute Gasteiger partial charge is 0.493 e. The molecule has 1 aromatic carbocycles. The van der Waals surface area contributed by atoms with Crippen LogP contribution >= 0.6 is 11.6 Å². The molecule has 0 saturated carbocycles. The van der Waals surface area contributed by atoms with E-state index in [0.717, 1.165) is 5.56 Å². The molecule has 0 aliphatic heterocycles. The zero-order valence-corrected chi connectivity index (χ0v) is 13.7. The molecule has 0 radical (unpaired) electrons. The van der Waals surface area contributed by atoms with Crippen LogP contribution in [0.15, 0.2) is 18.2 Å². The van der Waals surface area contributed by atoms with Gasteiger partial charge in [-0.1, -0.05) is 6.07 Å². The van der Waals surface area contributed by atoms with Crippen molar-refractivity contribution in [2.24, 2.45) is 0 Å². The molecule has 0 aliphatic rings. The van der Waals surface area contributed by atoms with Crippen molar-refractivity contribution < 1.29 is 19.1 Å². The van der Waals surface area contributed by atoms with Gasteiger partial charge in [-0.3, -0.25) is 9.59 Å². The van der Waals surface area contributed by atoms with Gasteiger partial charge in [0.15, 0.2) is 11.5 Å². The second kappa shape index (κ2) is 9.15. The molecule has 22 heavy (non-hydrogen) atoms. The molecule has 0 spiro atoms. The molecule has 2 amide bonds. The Bertz CT molecular complexity index is 522. The summed E-state index contributed by atoms with van der Waals surface area (Å²) in [6.45, 7) is 2.16. The molecule has 0 aliphatic carbocycles. The molecule has 1 aromatic rings. The fourth-order valence-electron chi connectivity index (χ4n) is 1.82. The zero-order valence-electron chi connectivity index (χ0n) is 12.9. The normalized spacial score (nSPS) is 11.5. The highest BCUT2D eigenvalue weighted by Gasteiger charge is 2.17. The van der Waals surface area contributed by atoms with Crippen molar-refractivity contribution in [3.05, 3.63) is 23.8 Å². The van der Waals surface area contributed by atoms with E-state index in [1.165, 1.54) is 7.11 Å². The van der Waals surface area contributed by atoms with Gasteiger partial charge in [-0.05, 0) is 31.0 Å². The van der Waals surface area contributed by atoms with Gasteiger partial charge in [0.25, 0.3) is 0 Å². The van der Waals surface area contributed by atoms with E-state index in [1.807, 2.05) is 0 Å². The minimum absolute atomic E-state index is 0.342. The first-order valence-electron chi connectivity index (χ1n) is 6.90. The summed E-state index contributed by atoms with van der Waals surface area (Å²) in [6.07, 6.45) is 0.617. The van der Waals surface area contributed by atoms with Crippen LogP contribution in [0.3, 0.4) is 0 Å². The lowest BCUT2D eigenvalue weighted by Gasteiger charge is -2.16. The van der Waals surface area contributed by atoms with Crippen LogP contribution in [0.2, 0.25) is 0 Å². The number of amides is 2. The molecule has 0 fully saturated rings. The van der Waals surface area contributed by atoms with Crippen LogP contribution in [-0.2, 0) is 9.59 Å². The predicted molar refractivity (Wildman–Crippen MR) is 84.5 cm³/mol. The van der Waals surface area contributed by atoms with Gasteiger partial charge in [0, 0.05) is 12.4 Å². The third-order valence-electron chi connectivity index (χ3n) is 3.06. The highest BCUT2D eigenvalue weighted by atomic mass is 35.5. The summed E-state index contributed by atoms with van der Waals surface area (Å²) in [4.78, 5) is 23.4. The molecule has 1 atom stereocenters. The molecule has 1 unspecified atom stereocenters. The van der Waals surface area contributed by atoms with Crippen LogP contribution < -0.4 is 20.1 Å². The molecular formula is C15H21ClN2O4. The molecule has 1 rings (SSSR count). The summed E-state index contributed by atoms with van der Waals surface area (Å²) >= 11 is 5.51. The molecule has 6 nitrogen and oxygen atoms in total. The van der Waals surface area contributed by atoms with Gasteiger partial charge in [-0.25, -0.2) is 0 Å². The van der Waals surface area contributed by atoms with Crippen LogP contribution in [0.1, 0.15) is 24.9 Å². The Morgan fingerprint density at radius 1 is 1.18 bits per heavy atom. The zero-order chi connectivity index (χ0) is 16.5. The summed E-state index contributed by atoms with van der Waals surface area (Å²) < 4.78 is 10.4. The van der Waals surface area contributed by atoms with E-state index in [0.29, 0.717) is 30.3 Å². The number of alkyl halides is 1. The highest BCUT2D eigenvalue weighted by Crippen LogP contribution is 2.29. The number of hydrogen-bond donors (Lipinski definition) is 2. The Kier molecular flexibility index (Phi) is 7.52. The quantitative estimate of drug-likeness (QED) is 0.453. The standard InChI is InChI=1S/C15H21ClN2O4/c1-10(18-15(20)14(19)17-8-4-7-16)11-5-6-12(21-2)13(9-11)22-3/h5-6,9-10H,4,7-8H2,1-3H3,(H,17,19)(H,18,20). The second-order valence-corrected chi connectivity index (χ2v) is 4.99. The second-order valence-electron chi connectivity index (χ2n) is 4.61. The van der Waals surface area contributed by atoms with E-state index in [2.05, 4.69) is 10.6 Å². The fraction of sp³-hybridized carbons (Fsp3) is 0.467. The molecule has 0 bridgehead atoms. The average molecular weight is 329 g/mol. The molecule has 2 N–H and O–H groups in total. The monoisotopic (exact) mass is 328 g/mol. The van der Waals surface area contributed by atoms with Gasteiger partial charge < -0.3 is 20.1 Å². The summed E-state index contributed by atoms with van der Waals surface area (Å²) in [5.41, 5.74) is 0.805. The van der Waals surface area contributed by atoms with E-state index in [9.17, 15) is 9.59 Å². The number of methoxy groups -OCH3 is 2. The number of nitrogens with one attached hydrogen (secondary N) is 2. The maximum absolute atomic E-state index is 11.8. The van der Waals surface area contributed by atoms with Crippen molar-refractivity contribution in [1.29, 1.82) is 0 Å². The predicted octanol–water partition coefficient (Wildman–Crippen LogP) is 1.63. The van der Waals surface area contributed by atoms with Gasteiger partial charge in [-0.2, -0.15) is 0 Å². The van der Waals surface area contributed by atoms with Crippen molar-refractivity contribution in [3.8, 4) is 11.5 Å². The van der Waals surface area contributed by atoms with Crippen LogP contribution in [0.25, 0.3) is 0 Å². The first-order valence-corrected chi connectivity index (χ1v) is 7.43. The lowest BCUT2D eigenvalue weighted by atomic mass is 10.1. The Labute approximate surface area is 135 Å². The number of halogens is 1. The SMILES string of the molecule is COc1ccc(C(C)NC(=O)C(=O)NCCCCl)cc1OC. The maximum atomic E-state index is 11.8. The number of benzene rings is 1. The van der Waals surface area contributed by atoms with Gasteiger partial charge >= 0.3 is 11.8 Å². The third-order valence-corrected chi connectivity index (χ3v) is 3.32. The number of ether oxygens (including phenoxy) is 2. The smallest absolute Gasteiger partial charge is 0.309 e. The molecule has 0 heterocycles. The van der Waals surface area contributed by atoms with Crippen LogP contribution in [-0.4, -0.2) is 38.5 Å². The average Bonchev–Trinajstić information content (AvgIpc) is 2.53. The molecule has 0 aromatic heterocycles. The lowest BCUT2D eigenvalue weighted by molar-refractivity contribution is -0.139. The molecule has 0 saturated heterocycles. The maximum Gasteiger partial charge on any atom is 0.309 e. The summed E-state index contributed by atoms with van der Waals surface area (Å²) in [5.74, 6) is 0.245. The van der Waals surface area contributed by atoms with Crippen LogP contribution in [0.5, 0.6) is 11.5 Å². The fourth-order valence-corrected chi connectivity index (χ4v) is 1.95. The molecule has 122 valence electrons. The van der Waals surface area contributed by atoms with Crippen molar-refractivity contribution in [2.45, 2.75) is 19.4 Å². The highest BCUT2D eigenvalue weighted by molar-refractivity contribution is 6.35. The van der Waals surface area contributed by atoms with E-state index >= 15 is 0 Å². The van der Waals surface area contributed by atoms with Gasteiger partial charge in [0.2, 0.25) is 0 Å². The Morgan fingerprint density at radius 3 is 2.45 bits per heavy atom. The Morgan fingerprint density at radius 2 is 1.86 bits per heavy atom. The van der Waals surface area contributed by atoms with E-state index in [4.69, 9.17) is 21.1 Å². The van der Waals surface area contributed by atoms with Crippen LogP contribution in [0, 0.1) is 0 Å². The number of hydrogen-bond acceptors (Lipinski definition) is 4. The summed E-state index contributed by atoms with van der Waals surface area (Å²) in [6, 6.07) is 4.97. The van der Waals surface area contributed by atoms with Gasteiger partial charge in [-0.15, -0.1) is 11.6 Å². The summed E-state index contributed by atoms with van der Waals surface area (Å²) in [5, 5.41) is 5.13. The number of carbonyl (C=O) groups excluding carboxylic acids is 2. The Balaban J connectivity index is 2.66. The van der Waals surface area contributed by atoms with Crippen molar-refractivity contribution in [2.75, 3.05) is 26.6 Å². The minimum Gasteiger partial charge on any atom is -0.493 e. The van der Waals surface area contributed by atoms with E-state index in [1.54, 1.807) is 32.2 Å². The third kappa shape index (κ3) is 5.11. The number of rotatable bonds is 7. The van der Waals surface area contributed by atoms with Gasteiger partial charge in [0.05, 0.1) is 20.3 Å². The number of carbonyl (C=O) groups is 2. The van der Waals surface area contributed by atoms with E-state index in [-0.39, 0.29) is 6.04 Å². The topological polar surface area (TPSA) is 76.7 Å². The molecule has 7 heteroatoms. The summed E-state index contributed by atoms with van der Waals surface area (Å²) in [7, 11) is 3.09.